The van der Waals surface area contributed by atoms with Gasteiger partial charge in [0.2, 0.25) is 0 Å². The standard InChI is InChI=1S/C14H15ClN2O/c1-14(2,11-3-5-12(15)6-4-11)13(18)9-17-8-7-16-10-17/h3-8,10H,9H2,1-2H3. The van der Waals surface area contributed by atoms with Crippen LogP contribution in [0.3, 0.4) is 0 Å². The van der Waals surface area contributed by atoms with Crippen molar-refractivity contribution in [3.8, 4) is 0 Å². The molecule has 0 bridgehead atoms. The monoisotopic (exact) mass is 262 g/mol. The fourth-order valence-electron chi connectivity index (χ4n) is 1.77. The van der Waals surface area contributed by atoms with Gasteiger partial charge in [-0.05, 0) is 31.5 Å². The molecule has 1 aromatic carbocycles. The molecule has 0 unspecified atom stereocenters. The van der Waals surface area contributed by atoms with Gasteiger partial charge in [-0.3, -0.25) is 4.79 Å². The van der Waals surface area contributed by atoms with Crippen LogP contribution < -0.4 is 0 Å². The molecule has 2 rings (SSSR count). The predicted molar refractivity (Wildman–Crippen MR) is 71.7 cm³/mol. The Hall–Kier alpha value is -1.61. The lowest BCUT2D eigenvalue weighted by Crippen LogP contribution is -2.32. The largest absolute Gasteiger partial charge is 0.330 e. The molecular formula is C14H15ClN2O. The normalized spacial score (nSPS) is 11.5. The Morgan fingerprint density at radius 2 is 2.00 bits per heavy atom. The van der Waals surface area contributed by atoms with Crippen molar-refractivity contribution in [1.82, 2.24) is 9.55 Å². The maximum Gasteiger partial charge on any atom is 0.162 e. The molecule has 0 saturated heterocycles. The minimum absolute atomic E-state index is 0.142. The summed E-state index contributed by atoms with van der Waals surface area (Å²) in [5.74, 6) is 0.142. The van der Waals surface area contributed by atoms with Crippen LogP contribution in [0.2, 0.25) is 5.02 Å². The minimum Gasteiger partial charge on any atom is -0.330 e. The highest BCUT2D eigenvalue weighted by Crippen LogP contribution is 2.26. The van der Waals surface area contributed by atoms with Gasteiger partial charge < -0.3 is 4.57 Å². The van der Waals surface area contributed by atoms with Crippen molar-refractivity contribution >= 4 is 17.4 Å². The van der Waals surface area contributed by atoms with Crippen molar-refractivity contribution in [2.45, 2.75) is 25.8 Å². The van der Waals surface area contributed by atoms with Crippen LogP contribution in [0.1, 0.15) is 19.4 Å². The van der Waals surface area contributed by atoms with E-state index in [0.29, 0.717) is 11.6 Å². The molecule has 4 heteroatoms. The van der Waals surface area contributed by atoms with Crippen molar-refractivity contribution in [1.29, 1.82) is 0 Å². The van der Waals surface area contributed by atoms with E-state index in [1.165, 1.54) is 0 Å². The molecule has 1 aromatic heterocycles. The fourth-order valence-corrected chi connectivity index (χ4v) is 1.90. The molecule has 18 heavy (non-hydrogen) atoms. The number of hydrogen-bond donors (Lipinski definition) is 0. The molecule has 2 aromatic rings. The lowest BCUT2D eigenvalue weighted by Gasteiger charge is -2.24. The SMILES string of the molecule is CC(C)(C(=O)Cn1ccnc1)c1ccc(Cl)cc1. The number of nitrogens with zero attached hydrogens (tertiary/aromatic N) is 2. The van der Waals surface area contributed by atoms with E-state index in [-0.39, 0.29) is 5.78 Å². The second kappa shape index (κ2) is 4.94. The van der Waals surface area contributed by atoms with Gasteiger partial charge in [0, 0.05) is 17.4 Å². The molecule has 0 radical (unpaired) electrons. The number of halogens is 1. The van der Waals surface area contributed by atoms with Gasteiger partial charge in [-0.2, -0.15) is 0 Å². The number of imidazole rings is 1. The van der Waals surface area contributed by atoms with Crippen LogP contribution in [-0.2, 0) is 16.8 Å². The Kier molecular flexibility index (Phi) is 3.53. The maximum absolute atomic E-state index is 12.3. The van der Waals surface area contributed by atoms with Crippen molar-refractivity contribution in [3.63, 3.8) is 0 Å². The summed E-state index contributed by atoms with van der Waals surface area (Å²) in [5, 5.41) is 0.677. The van der Waals surface area contributed by atoms with Crippen LogP contribution in [0.5, 0.6) is 0 Å². The second-order valence-electron chi connectivity index (χ2n) is 4.79. The molecule has 0 saturated carbocycles. The smallest absolute Gasteiger partial charge is 0.162 e. The molecule has 0 fully saturated rings. The van der Waals surface area contributed by atoms with E-state index in [4.69, 9.17) is 11.6 Å². The molecule has 0 N–H and O–H groups in total. The number of carbonyl (C=O) groups excluding carboxylic acids is 1. The zero-order chi connectivity index (χ0) is 13.2. The number of ketones is 1. The van der Waals surface area contributed by atoms with Crippen LogP contribution in [-0.4, -0.2) is 15.3 Å². The number of Topliss-reactive ketones (excluding diaryl/α,β-unsaturated/α-hetero) is 1. The summed E-state index contributed by atoms with van der Waals surface area (Å²) in [6.07, 6.45) is 5.11. The summed E-state index contributed by atoms with van der Waals surface area (Å²) in [4.78, 5) is 16.3. The van der Waals surface area contributed by atoms with Gasteiger partial charge in [-0.25, -0.2) is 4.98 Å². The maximum atomic E-state index is 12.3. The topological polar surface area (TPSA) is 34.9 Å². The van der Waals surface area contributed by atoms with E-state index < -0.39 is 5.41 Å². The predicted octanol–water partition coefficient (Wildman–Crippen LogP) is 3.08. The summed E-state index contributed by atoms with van der Waals surface area (Å²) in [5.41, 5.74) is 0.437. The molecule has 0 amide bonds. The van der Waals surface area contributed by atoms with Crippen LogP contribution in [0.4, 0.5) is 0 Å². The number of carbonyl (C=O) groups is 1. The molecule has 1 heterocycles. The third kappa shape index (κ3) is 2.62. The lowest BCUT2D eigenvalue weighted by atomic mass is 9.80. The molecule has 0 aliphatic heterocycles. The lowest BCUT2D eigenvalue weighted by molar-refractivity contribution is -0.124. The van der Waals surface area contributed by atoms with Crippen LogP contribution >= 0.6 is 11.6 Å². The number of rotatable bonds is 4. The summed E-state index contributed by atoms with van der Waals surface area (Å²) in [7, 11) is 0. The molecule has 0 spiro atoms. The Labute approximate surface area is 111 Å². The van der Waals surface area contributed by atoms with E-state index in [2.05, 4.69) is 4.98 Å². The highest BCUT2D eigenvalue weighted by atomic mass is 35.5. The van der Waals surface area contributed by atoms with Gasteiger partial charge in [0.15, 0.2) is 5.78 Å². The quantitative estimate of drug-likeness (QED) is 0.849. The third-order valence-corrected chi connectivity index (χ3v) is 3.40. The summed E-state index contributed by atoms with van der Waals surface area (Å²) >= 11 is 5.86. The van der Waals surface area contributed by atoms with Crippen molar-refractivity contribution < 1.29 is 4.79 Å². The van der Waals surface area contributed by atoms with Gasteiger partial charge in [0.05, 0.1) is 18.3 Å². The molecule has 0 aliphatic carbocycles. The Bertz CT molecular complexity index is 529. The van der Waals surface area contributed by atoms with Crippen LogP contribution in [0.25, 0.3) is 0 Å². The highest BCUT2D eigenvalue weighted by molar-refractivity contribution is 6.30. The zero-order valence-electron chi connectivity index (χ0n) is 10.4. The van der Waals surface area contributed by atoms with Crippen LogP contribution in [0.15, 0.2) is 43.0 Å². The Morgan fingerprint density at radius 3 is 2.56 bits per heavy atom. The van der Waals surface area contributed by atoms with Gasteiger partial charge in [-0.1, -0.05) is 23.7 Å². The van der Waals surface area contributed by atoms with Gasteiger partial charge >= 0.3 is 0 Å². The summed E-state index contributed by atoms with van der Waals surface area (Å²) in [6, 6.07) is 7.41. The second-order valence-corrected chi connectivity index (χ2v) is 5.23. The van der Waals surface area contributed by atoms with E-state index in [1.807, 2.05) is 38.1 Å². The Morgan fingerprint density at radius 1 is 1.33 bits per heavy atom. The van der Waals surface area contributed by atoms with E-state index >= 15 is 0 Å². The summed E-state index contributed by atoms with van der Waals surface area (Å²) < 4.78 is 1.78. The zero-order valence-corrected chi connectivity index (χ0v) is 11.2. The first-order chi connectivity index (χ1) is 8.50. The summed E-state index contributed by atoms with van der Waals surface area (Å²) in [6.45, 7) is 4.18. The van der Waals surface area contributed by atoms with Gasteiger partial charge in [0.1, 0.15) is 0 Å². The fraction of sp³-hybridized carbons (Fsp3) is 0.286. The number of hydrogen-bond acceptors (Lipinski definition) is 2. The van der Waals surface area contributed by atoms with Crippen LogP contribution in [0, 0.1) is 0 Å². The van der Waals surface area contributed by atoms with Crippen molar-refractivity contribution in [3.05, 3.63) is 53.6 Å². The van der Waals surface area contributed by atoms with E-state index in [9.17, 15) is 4.79 Å². The molecule has 94 valence electrons. The van der Waals surface area contributed by atoms with Gasteiger partial charge in [0.25, 0.3) is 0 Å². The first-order valence-corrected chi connectivity index (χ1v) is 6.13. The first-order valence-electron chi connectivity index (χ1n) is 5.75. The molecular weight excluding hydrogens is 248 g/mol. The van der Waals surface area contributed by atoms with Crippen molar-refractivity contribution in [2.75, 3.05) is 0 Å². The van der Waals surface area contributed by atoms with Gasteiger partial charge in [-0.15, -0.1) is 0 Å². The number of benzene rings is 1. The van der Waals surface area contributed by atoms with E-state index in [0.717, 1.165) is 5.56 Å². The molecule has 0 atom stereocenters. The van der Waals surface area contributed by atoms with Crippen molar-refractivity contribution in [2.24, 2.45) is 0 Å². The molecule has 0 aliphatic rings. The third-order valence-electron chi connectivity index (χ3n) is 3.15. The Balaban J connectivity index is 2.19. The average Bonchev–Trinajstić information content (AvgIpc) is 2.82. The highest BCUT2D eigenvalue weighted by Gasteiger charge is 2.29. The first kappa shape index (κ1) is 12.8. The minimum atomic E-state index is -0.533. The number of aromatic nitrogens is 2. The molecule has 3 nitrogen and oxygen atoms in total. The van der Waals surface area contributed by atoms with E-state index in [1.54, 1.807) is 23.3 Å². The average molecular weight is 263 g/mol.